The van der Waals surface area contributed by atoms with Gasteiger partial charge >= 0.3 is 0 Å². The molecule has 0 unspecified atom stereocenters. The van der Waals surface area contributed by atoms with E-state index in [0.717, 1.165) is 0 Å². The van der Waals surface area contributed by atoms with Crippen molar-refractivity contribution in [2.45, 2.75) is 0 Å². The summed E-state index contributed by atoms with van der Waals surface area (Å²) in [6.07, 6.45) is 2.59. The van der Waals surface area contributed by atoms with E-state index >= 15 is 0 Å². The van der Waals surface area contributed by atoms with E-state index in [-0.39, 0.29) is 66.6 Å². The average Bonchev–Trinajstić information content (AvgIpc) is 2.60. The van der Waals surface area contributed by atoms with Crippen LogP contribution in [0.2, 0.25) is 0 Å². The Morgan fingerprint density at radius 1 is 0.815 bits per heavy atom. The van der Waals surface area contributed by atoms with E-state index in [9.17, 15) is 30.4 Å². The summed E-state index contributed by atoms with van der Waals surface area (Å²) in [5, 5.41) is 40.7. The van der Waals surface area contributed by atoms with Gasteiger partial charge in [0.1, 0.15) is 11.5 Å². The second kappa shape index (κ2) is 10.1. The number of benzene rings is 2. The molecule has 0 fully saturated rings. The van der Waals surface area contributed by atoms with Gasteiger partial charge < -0.3 is 10.2 Å². The number of rotatable bonds is 7. The van der Waals surface area contributed by atoms with Crippen LogP contribution in [-0.2, 0) is 19.5 Å². The number of non-ortho nitro benzene ring substituents is 2. The zero-order chi connectivity index (χ0) is 19.1. The minimum Gasteiger partial charge on any atom is -0.507 e. The zero-order valence-electron chi connectivity index (χ0n) is 14.1. The molecule has 0 saturated carbocycles. The summed E-state index contributed by atoms with van der Waals surface area (Å²) in [5.41, 5.74) is 0.0888. The van der Waals surface area contributed by atoms with Gasteiger partial charge in [-0.15, -0.1) is 0 Å². The fourth-order valence-corrected chi connectivity index (χ4v) is 1.96. The molecule has 0 amide bonds. The van der Waals surface area contributed by atoms with Crippen LogP contribution >= 0.6 is 0 Å². The van der Waals surface area contributed by atoms with E-state index < -0.39 is 9.85 Å². The van der Waals surface area contributed by atoms with Gasteiger partial charge in [0.2, 0.25) is 0 Å². The average molecular weight is 424 g/mol. The molecule has 0 bridgehead atoms. The molecule has 2 aromatic rings. The molecule has 2 N–H and O–H groups in total. The van der Waals surface area contributed by atoms with Gasteiger partial charge in [0.05, 0.1) is 22.9 Å². The molecule has 0 aliphatic heterocycles. The van der Waals surface area contributed by atoms with Crippen molar-refractivity contribution in [3.8, 4) is 11.5 Å². The fourth-order valence-electron chi connectivity index (χ4n) is 1.96. The van der Waals surface area contributed by atoms with Crippen molar-refractivity contribution >= 4 is 23.8 Å². The molecule has 0 aliphatic rings. The van der Waals surface area contributed by atoms with E-state index in [1.165, 1.54) is 48.8 Å². The largest absolute Gasteiger partial charge is 0.507 e. The minimum atomic E-state index is -0.577. The topological polar surface area (TPSA) is 151 Å². The smallest absolute Gasteiger partial charge is 0.270 e. The van der Waals surface area contributed by atoms with E-state index in [1.807, 2.05) is 0 Å². The molecule has 0 radical (unpaired) electrons. The number of hydrogen-bond acceptors (Lipinski definition) is 8. The Bertz CT molecular complexity index is 827. The predicted molar refractivity (Wildman–Crippen MR) is 94.4 cm³/mol. The molecule has 2 aromatic carbocycles. The molecule has 11 heteroatoms. The van der Waals surface area contributed by atoms with Crippen LogP contribution < -0.4 is 0 Å². The van der Waals surface area contributed by atoms with Crippen LogP contribution in [0.5, 0.6) is 11.5 Å². The molecule has 0 atom stereocenters. The molecule has 0 aromatic heterocycles. The fraction of sp³-hybridized carbons (Fsp3) is 0.125. The van der Waals surface area contributed by atoms with Crippen LogP contribution in [0.25, 0.3) is 0 Å². The van der Waals surface area contributed by atoms with Crippen LogP contribution in [0.15, 0.2) is 46.4 Å². The monoisotopic (exact) mass is 422 g/mol. The van der Waals surface area contributed by atoms with E-state index in [0.29, 0.717) is 0 Å². The standard InChI is InChI=1S/C16H14N4O6.Zn/c21-15-3-1-13(19(23)24)7-11(15)9-17-5-6-18-10-12-8-14(20(25)26)2-4-16(12)22;/h1-4,7-10,21-22H,5-6H2;. The zero-order valence-corrected chi connectivity index (χ0v) is 17.0. The van der Waals surface area contributed by atoms with Crippen LogP contribution in [0.4, 0.5) is 11.4 Å². The number of nitro groups is 2. The van der Waals surface area contributed by atoms with Gasteiger partial charge in [-0.1, -0.05) is 0 Å². The van der Waals surface area contributed by atoms with Crippen LogP contribution in [0.1, 0.15) is 11.1 Å². The molecule has 2 rings (SSSR count). The summed E-state index contributed by atoms with van der Waals surface area (Å²) in [6.45, 7) is 0.433. The number of phenolic OH excluding ortho intramolecular Hbond substituents is 2. The summed E-state index contributed by atoms with van der Waals surface area (Å²) in [7, 11) is 0. The Hall–Kier alpha value is -3.20. The van der Waals surface area contributed by atoms with Crippen molar-refractivity contribution in [2.24, 2.45) is 9.98 Å². The Morgan fingerprint density at radius 2 is 1.19 bits per heavy atom. The van der Waals surface area contributed by atoms with Crippen molar-refractivity contribution in [3.05, 3.63) is 67.8 Å². The predicted octanol–water partition coefficient (Wildman–Crippen LogP) is 2.45. The molecule has 10 nitrogen and oxygen atoms in total. The molecular weight excluding hydrogens is 410 g/mol. The maximum absolute atomic E-state index is 10.7. The van der Waals surface area contributed by atoms with Gasteiger partial charge in [-0.25, -0.2) is 0 Å². The molecule has 27 heavy (non-hydrogen) atoms. The number of phenols is 2. The summed E-state index contributed by atoms with van der Waals surface area (Å²) < 4.78 is 0. The van der Waals surface area contributed by atoms with E-state index in [2.05, 4.69) is 9.98 Å². The summed E-state index contributed by atoms with van der Waals surface area (Å²) in [5.74, 6) is -0.270. The first-order chi connectivity index (χ1) is 12.4. The molecule has 0 heterocycles. The minimum absolute atomic E-state index is 0. The van der Waals surface area contributed by atoms with Gasteiger partial charge in [0, 0.05) is 67.3 Å². The summed E-state index contributed by atoms with van der Waals surface area (Å²) in [4.78, 5) is 28.3. The summed E-state index contributed by atoms with van der Waals surface area (Å²) >= 11 is 0. The van der Waals surface area contributed by atoms with Crippen molar-refractivity contribution in [1.82, 2.24) is 0 Å². The molecule has 0 spiro atoms. The number of nitro benzene ring substituents is 2. The van der Waals surface area contributed by atoms with Gasteiger partial charge in [0.15, 0.2) is 0 Å². The maximum atomic E-state index is 10.7. The number of aromatic hydroxyl groups is 2. The number of hydrogen-bond donors (Lipinski definition) is 2. The van der Waals surface area contributed by atoms with Gasteiger partial charge in [-0.3, -0.25) is 30.2 Å². The van der Waals surface area contributed by atoms with Gasteiger partial charge in [0.25, 0.3) is 11.4 Å². The SMILES string of the molecule is O=[N+]([O-])c1ccc(O)c(C=NCCN=Cc2cc([N+](=O)[O-])ccc2O)c1.[Zn]. The number of nitrogens with zero attached hydrogens (tertiary/aromatic N) is 4. The van der Waals surface area contributed by atoms with Crippen molar-refractivity contribution < 1.29 is 39.5 Å². The second-order valence-corrected chi connectivity index (χ2v) is 5.07. The van der Waals surface area contributed by atoms with Crippen LogP contribution in [0.3, 0.4) is 0 Å². The molecule has 136 valence electrons. The van der Waals surface area contributed by atoms with Crippen molar-refractivity contribution in [2.75, 3.05) is 13.1 Å². The van der Waals surface area contributed by atoms with Gasteiger partial charge in [-0.2, -0.15) is 0 Å². The second-order valence-electron chi connectivity index (χ2n) is 5.07. The van der Waals surface area contributed by atoms with Gasteiger partial charge in [-0.05, 0) is 12.1 Å². The van der Waals surface area contributed by atoms with Crippen LogP contribution in [0, 0.1) is 20.2 Å². The first kappa shape index (κ1) is 21.8. The maximum Gasteiger partial charge on any atom is 0.270 e. The van der Waals surface area contributed by atoms with E-state index in [1.54, 1.807) is 0 Å². The third-order valence-corrected chi connectivity index (χ3v) is 3.26. The molecule has 0 saturated heterocycles. The first-order valence-corrected chi connectivity index (χ1v) is 7.33. The van der Waals surface area contributed by atoms with Crippen LogP contribution in [-0.4, -0.2) is 45.6 Å². The normalized spacial score (nSPS) is 10.8. The number of aliphatic imine (C=N–C) groups is 2. The third-order valence-electron chi connectivity index (χ3n) is 3.26. The van der Waals surface area contributed by atoms with Crippen molar-refractivity contribution in [1.29, 1.82) is 0 Å². The third kappa shape index (κ3) is 6.23. The Kier molecular flexibility index (Phi) is 8.15. The first-order valence-electron chi connectivity index (χ1n) is 7.33. The Morgan fingerprint density at radius 3 is 1.52 bits per heavy atom. The quantitative estimate of drug-likeness (QED) is 0.229. The molecular formula is C16H14N4O6Zn. The van der Waals surface area contributed by atoms with Crippen molar-refractivity contribution in [3.63, 3.8) is 0 Å². The summed E-state index contributed by atoms with van der Waals surface area (Å²) in [6, 6.07) is 7.18. The van der Waals surface area contributed by atoms with E-state index in [4.69, 9.17) is 0 Å². The Balaban J connectivity index is 0.00000364. The Labute approximate surface area is 166 Å². The molecule has 0 aliphatic carbocycles.